The second-order valence-corrected chi connectivity index (χ2v) is 8.55. The highest BCUT2D eigenvalue weighted by Gasteiger charge is 2.27. The Labute approximate surface area is 207 Å². The molecule has 5 nitrogen and oxygen atoms in total. The molecule has 2 atom stereocenters. The molecule has 0 bridgehead atoms. The van der Waals surface area contributed by atoms with E-state index in [0.29, 0.717) is 17.0 Å². The topological polar surface area (TPSA) is 75.6 Å². The van der Waals surface area contributed by atoms with Crippen molar-refractivity contribution >= 4 is 23.5 Å². The largest absolute Gasteiger partial charge is 0.485 e. The van der Waals surface area contributed by atoms with Gasteiger partial charge in [-0.1, -0.05) is 49.2 Å². The van der Waals surface area contributed by atoms with Gasteiger partial charge in [0.1, 0.15) is 23.5 Å². The quantitative estimate of drug-likeness (QED) is 0.313. The number of carboxylic acids is 1. The van der Waals surface area contributed by atoms with E-state index in [1.165, 1.54) is 0 Å². The van der Waals surface area contributed by atoms with Crippen molar-refractivity contribution in [2.75, 3.05) is 6.54 Å². The zero-order valence-corrected chi connectivity index (χ0v) is 19.9. The van der Waals surface area contributed by atoms with Gasteiger partial charge in [-0.3, -0.25) is 9.59 Å². The number of carbonyl (C=O) groups excluding carboxylic acids is 1. The van der Waals surface area contributed by atoms with Crippen LogP contribution in [0.4, 0.5) is 8.78 Å². The molecule has 8 heteroatoms. The molecule has 0 radical (unpaired) electrons. The van der Waals surface area contributed by atoms with E-state index in [4.69, 9.17) is 21.4 Å². The Morgan fingerprint density at radius 3 is 2.14 bits per heavy atom. The molecule has 3 rings (SSSR count). The van der Waals surface area contributed by atoms with Crippen molar-refractivity contribution < 1.29 is 28.2 Å². The Hall–Kier alpha value is -3.45. The lowest BCUT2D eigenvalue weighted by molar-refractivity contribution is -0.136. The Kier molecular flexibility index (Phi) is 9.20. The van der Waals surface area contributed by atoms with Gasteiger partial charge in [0.15, 0.2) is 0 Å². The maximum atomic E-state index is 13.9. The van der Waals surface area contributed by atoms with Crippen molar-refractivity contribution in [3.05, 3.63) is 100 Å². The summed E-state index contributed by atoms with van der Waals surface area (Å²) in [5, 5.41) is 11.9. The standard InChI is InChI=1S/C27H26ClF2NO4/c1-2-3-24(17-4-6-19(7-5-17)27(34)31-13-12-25(32)33)26(18-8-10-20(28)11-9-18)35-23-15-21(29)14-22(30)16-23/h4-11,14-16,24,26H,2-3,12-13H2,1H3,(H,31,34)(H,32,33)/t24-,26+/m1/s1. The van der Waals surface area contributed by atoms with Crippen molar-refractivity contribution in [1.29, 1.82) is 0 Å². The van der Waals surface area contributed by atoms with Gasteiger partial charge in [0.25, 0.3) is 5.91 Å². The highest BCUT2D eigenvalue weighted by Crippen LogP contribution is 2.39. The normalized spacial score (nSPS) is 12.6. The van der Waals surface area contributed by atoms with E-state index in [-0.39, 0.29) is 30.5 Å². The highest BCUT2D eigenvalue weighted by atomic mass is 35.5. The van der Waals surface area contributed by atoms with E-state index in [9.17, 15) is 18.4 Å². The number of hydrogen-bond acceptors (Lipinski definition) is 3. The maximum absolute atomic E-state index is 13.9. The lowest BCUT2D eigenvalue weighted by atomic mass is 9.85. The van der Waals surface area contributed by atoms with Gasteiger partial charge in [-0.25, -0.2) is 8.78 Å². The second-order valence-electron chi connectivity index (χ2n) is 8.11. The highest BCUT2D eigenvalue weighted by molar-refractivity contribution is 6.30. The predicted octanol–water partition coefficient (Wildman–Crippen LogP) is 6.53. The fourth-order valence-electron chi connectivity index (χ4n) is 3.85. The molecule has 0 spiro atoms. The van der Waals surface area contributed by atoms with Crippen LogP contribution in [0.25, 0.3) is 0 Å². The van der Waals surface area contributed by atoms with Gasteiger partial charge in [0.2, 0.25) is 0 Å². The number of aliphatic carboxylic acids is 1. The Balaban J connectivity index is 1.91. The Morgan fingerprint density at radius 2 is 1.57 bits per heavy atom. The molecule has 184 valence electrons. The summed E-state index contributed by atoms with van der Waals surface area (Å²) in [6.45, 7) is 2.06. The first kappa shape index (κ1) is 26.2. The number of nitrogens with one attached hydrogen (secondary N) is 1. The number of benzene rings is 3. The number of hydrogen-bond donors (Lipinski definition) is 2. The minimum Gasteiger partial charge on any atom is -0.485 e. The average Bonchev–Trinajstić information content (AvgIpc) is 2.81. The summed E-state index contributed by atoms with van der Waals surface area (Å²) < 4.78 is 33.9. The molecule has 0 aliphatic heterocycles. The van der Waals surface area contributed by atoms with E-state index in [2.05, 4.69) is 5.32 Å². The summed E-state index contributed by atoms with van der Waals surface area (Å²) in [6.07, 6.45) is 0.773. The van der Waals surface area contributed by atoms with Gasteiger partial charge in [0.05, 0.1) is 6.42 Å². The lowest BCUT2D eigenvalue weighted by Gasteiger charge is -2.29. The first-order valence-electron chi connectivity index (χ1n) is 11.2. The van der Waals surface area contributed by atoms with Crippen molar-refractivity contribution in [2.24, 2.45) is 0 Å². The molecular formula is C27H26ClF2NO4. The third kappa shape index (κ3) is 7.52. The van der Waals surface area contributed by atoms with Crippen LogP contribution < -0.4 is 10.1 Å². The van der Waals surface area contributed by atoms with E-state index < -0.39 is 23.7 Å². The third-order valence-corrected chi connectivity index (χ3v) is 5.74. The fraction of sp³-hybridized carbons (Fsp3) is 0.259. The van der Waals surface area contributed by atoms with Crippen LogP contribution >= 0.6 is 11.6 Å². The molecule has 0 unspecified atom stereocenters. The molecule has 0 heterocycles. The second kappa shape index (κ2) is 12.3. The first-order chi connectivity index (χ1) is 16.8. The molecule has 2 N–H and O–H groups in total. The third-order valence-electron chi connectivity index (χ3n) is 5.49. The smallest absolute Gasteiger partial charge is 0.305 e. The summed E-state index contributed by atoms with van der Waals surface area (Å²) >= 11 is 6.07. The van der Waals surface area contributed by atoms with Crippen LogP contribution in [0, 0.1) is 11.6 Å². The van der Waals surface area contributed by atoms with E-state index >= 15 is 0 Å². The minimum absolute atomic E-state index is 0.0328. The van der Waals surface area contributed by atoms with E-state index in [1.807, 2.05) is 31.2 Å². The van der Waals surface area contributed by atoms with E-state index in [1.54, 1.807) is 24.3 Å². The molecule has 0 aromatic heterocycles. The Bertz CT molecular complexity index is 1130. The summed E-state index contributed by atoms with van der Waals surface area (Å²) in [5.74, 6) is -2.96. The van der Waals surface area contributed by atoms with Crippen LogP contribution in [0.5, 0.6) is 5.75 Å². The predicted molar refractivity (Wildman–Crippen MR) is 130 cm³/mol. The molecule has 35 heavy (non-hydrogen) atoms. The summed E-state index contributed by atoms with van der Waals surface area (Å²) in [5.41, 5.74) is 2.06. The lowest BCUT2D eigenvalue weighted by Crippen LogP contribution is -2.26. The molecule has 0 saturated carbocycles. The van der Waals surface area contributed by atoms with Gasteiger partial charge in [-0.05, 0) is 41.8 Å². The molecule has 0 aliphatic rings. The summed E-state index contributed by atoms with van der Waals surface area (Å²) in [7, 11) is 0. The number of carboxylic acid groups (broad SMARTS) is 1. The molecule has 0 saturated heterocycles. The average molecular weight is 502 g/mol. The van der Waals surface area contributed by atoms with Gasteiger partial charge < -0.3 is 15.2 Å². The SMILES string of the molecule is CCC[C@H](c1ccc(C(=O)NCCC(=O)O)cc1)[C@@H](Oc1cc(F)cc(F)c1)c1ccc(Cl)cc1. The molecule has 3 aromatic carbocycles. The van der Waals surface area contributed by atoms with Crippen LogP contribution in [0.15, 0.2) is 66.7 Å². The van der Waals surface area contributed by atoms with Crippen molar-refractivity contribution in [3.8, 4) is 5.75 Å². The van der Waals surface area contributed by atoms with Crippen LogP contribution in [-0.2, 0) is 4.79 Å². The monoisotopic (exact) mass is 501 g/mol. The summed E-state index contributed by atoms with van der Waals surface area (Å²) in [4.78, 5) is 23.0. The van der Waals surface area contributed by atoms with Crippen molar-refractivity contribution in [1.82, 2.24) is 5.32 Å². The van der Waals surface area contributed by atoms with E-state index in [0.717, 1.165) is 35.7 Å². The van der Waals surface area contributed by atoms with Gasteiger partial charge in [-0.15, -0.1) is 0 Å². The van der Waals surface area contributed by atoms with Crippen molar-refractivity contribution in [2.45, 2.75) is 38.2 Å². The fourth-order valence-corrected chi connectivity index (χ4v) is 3.97. The molecular weight excluding hydrogens is 476 g/mol. The molecule has 0 aliphatic carbocycles. The Morgan fingerprint density at radius 1 is 0.971 bits per heavy atom. The zero-order chi connectivity index (χ0) is 25.4. The molecule has 3 aromatic rings. The van der Waals surface area contributed by atoms with Gasteiger partial charge in [-0.2, -0.15) is 0 Å². The van der Waals surface area contributed by atoms with Crippen LogP contribution in [-0.4, -0.2) is 23.5 Å². The number of carbonyl (C=O) groups is 2. The van der Waals surface area contributed by atoms with Crippen LogP contribution in [0.2, 0.25) is 5.02 Å². The summed E-state index contributed by atoms with van der Waals surface area (Å²) in [6, 6.07) is 17.1. The first-order valence-corrected chi connectivity index (χ1v) is 11.6. The van der Waals surface area contributed by atoms with Crippen LogP contribution in [0.3, 0.4) is 0 Å². The maximum Gasteiger partial charge on any atom is 0.305 e. The number of rotatable bonds is 11. The minimum atomic E-state index is -0.991. The zero-order valence-electron chi connectivity index (χ0n) is 19.1. The number of amides is 1. The molecule has 1 amide bonds. The number of halogens is 3. The number of ether oxygens (including phenoxy) is 1. The van der Waals surface area contributed by atoms with Crippen LogP contribution in [0.1, 0.15) is 59.7 Å². The molecule has 0 fully saturated rings. The van der Waals surface area contributed by atoms with Crippen molar-refractivity contribution in [3.63, 3.8) is 0 Å². The van der Waals surface area contributed by atoms with Gasteiger partial charge >= 0.3 is 5.97 Å². The van der Waals surface area contributed by atoms with Gasteiger partial charge in [0, 0.05) is 41.2 Å².